The molecule has 0 atom stereocenters. The van der Waals surface area contributed by atoms with Crippen LogP contribution in [-0.2, 0) is 6.54 Å². The van der Waals surface area contributed by atoms with Gasteiger partial charge in [0.25, 0.3) is 5.56 Å². The summed E-state index contributed by atoms with van der Waals surface area (Å²) in [5.74, 6) is -1.10. The molecule has 96 valence electrons. The van der Waals surface area contributed by atoms with E-state index >= 15 is 0 Å². The summed E-state index contributed by atoms with van der Waals surface area (Å²) in [5.41, 5.74) is -0.679. The molecule has 0 spiro atoms. The molecular formula is C11H12N2O5. The van der Waals surface area contributed by atoms with Crippen LogP contribution in [0.1, 0.15) is 17.3 Å². The van der Waals surface area contributed by atoms with Crippen LogP contribution in [0.3, 0.4) is 0 Å². The van der Waals surface area contributed by atoms with Gasteiger partial charge in [0.2, 0.25) is 0 Å². The van der Waals surface area contributed by atoms with Gasteiger partial charge in [0.15, 0.2) is 0 Å². The van der Waals surface area contributed by atoms with Crippen LogP contribution in [0.4, 0.5) is 0 Å². The first-order valence-corrected chi connectivity index (χ1v) is 5.04. The summed E-state index contributed by atoms with van der Waals surface area (Å²) in [6.45, 7) is 1.96. The Kier molecular flexibility index (Phi) is 3.67. The quantitative estimate of drug-likeness (QED) is 0.753. The lowest BCUT2D eigenvalue weighted by molar-refractivity contribution is 0.0697. The van der Waals surface area contributed by atoms with Gasteiger partial charge in [0.05, 0.1) is 16.5 Å². The number of carboxylic acids is 1. The zero-order valence-electron chi connectivity index (χ0n) is 9.56. The molecule has 1 aromatic carbocycles. The van der Waals surface area contributed by atoms with Crippen molar-refractivity contribution in [1.82, 2.24) is 9.55 Å². The topological polar surface area (TPSA) is 124 Å². The molecule has 4 N–H and O–H groups in total. The summed E-state index contributed by atoms with van der Waals surface area (Å²) in [6, 6.07) is 4.02. The highest BCUT2D eigenvalue weighted by Crippen LogP contribution is 2.08. The Morgan fingerprint density at radius 1 is 1.39 bits per heavy atom. The highest BCUT2D eigenvalue weighted by atomic mass is 16.4. The third-order valence-corrected chi connectivity index (χ3v) is 2.55. The molecule has 0 aliphatic heterocycles. The van der Waals surface area contributed by atoms with Crippen molar-refractivity contribution in [2.75, 3.05) is 0 Å². The van der Waals surface area contributed by atoms with Crippen molar-refractivity contribution in [2.45, 2.75) is 13.5 Å². The van der Waals surface area contributed by atoms with Gasteiger partial charge in [0, 0.05) is 6.54 Å². The van der Waals surface area contributed by atoms with E-state index in [2.05, 4.69) is 4.98 Å². The van der Waals surface area contributed by atoms with Crippen molar-refractivity contribution in [3.63, 3.8) is 0 Å². The molecule has 0 unspecified atom stereocenters. The fourth-order valence-electron chi connectivity index (χ4n) is 1.67. The molecule has 0 saturated heterocycles. The van der Waals surface area contributed by atoms with Gasteiger partial charge in [-0.25, -0.2) is 9.59 Å². The summed E-state index contributed by atoms with van der Waals surface area (Å²) in [5, 5.41) is 9.11. The van der Waals surface area contributed by atoms with E-state index in [4.69, 9.17) is 5.11 Å². The largest absolute Gasteiger partial charge is 0.478 e. The average molecular weight is 252 g/mol. The van der Waals surface area contributed by atoms with Gasteiger partial charge in [-0.1, -0.05) is 0 Å². The fraction of sp³-hybridized carbons (Fsp3) is 0.182. The van der Waals surface area contributed by atoms with Gasteiger partial charge in [-0.2, -0.15) is 0 Å². The van der Waals surface area contributed by atoms with E-state index in [-0.39, 0.29) is 23.1 Å². The lowest BCUT2D eigenvalue weighted by Gasteiger charge is -2.03. The van der Waals surface area contributed by atoms with Gasteiger partial charge in [0.1, 0.15) is 0 Å². The fourth-order valence-corrected chi connectivity index (χ4v) is 1.67. The van der Waals surface area contributed by atoms with E-state index in [1.54, 1.807) is 6.92 Å². The van der Waals surface area contributed by atoms with E-state index < -0.39 is 17.2 Å². The highest BCUT2D eigenvalue weighted by molar-refractivity contribution is 5.92. The Morgan fingerprint density at radius 3 is 2.61 bits per heavy atom. The van der Waals surface area contributed by atoms with Crippen molar-refractivity contribution in [1.29, 1.82) is 0 Å². The highest BCUT2D eigenvalue weighted by Gasteiger charge is 2.09. The van der Waals surface area contributed by atoms with Crippen LogP contribution < -0.4 is 11.2 Å². The average Bonchev–Trinajstić information content (AvgIpc) is 2.28. The second kappa shape index (κ2) is 4.84. The van der Waals surface area contributed by atoms with E-state index in [9.17, 15) is 14.4 Å². The number of fused-ring (bicyclic) bond motifs is 1. The number of carboxylic acid groups (broad SMARTS) is 1. The van der Waals surface area contributed by atoms with Crippen molar-refractivity contribution in [3.8, 4) is 0 Å². The van der Waals surface area contributed by atoms with Crippen LogP contribution in [0.5, 0.6) is 0 Å². The summed E-state index contributed by atoms with van der Waals surface area (Å²) >= 11 is 0. The van der Waals surface area contributed by atoms with Crippen molar-refractivity contribution >= 4 is 16.9 Å². The molecule has 0 amide bonds. The maximum Gasteiger partial charge on any atom is 0.335 e. The Hall–Kier alpha value is -2.41. The predicted molar refractivity (Wildman–Crippen MR) is 65.1 cm³/mol. The monoisotopic (exact) mass is 252 g/mol. The van der Waals surface area contributed by atoms with E-state index in [1.165, 1.54) is 18.2 Å². The number of nitrogens with zero attached hydrogens (tertiary/aromatic N) is 1. The molecule has 1 aromatic heterocycles. The summed E-state index contributed by atoms with van der Waals surface area (Å²) in [6.07, 6.45) is 0. The third-order valence-electron chi connectivity index (χ3n) is 2.55. The van der Waals surface area contributed by atoms with Gasteiger partial charge in [-0.15, -0.1) is 0 Å². The minimum absolute atomic E-state index is 0. The maximum absolute atomic E-state index is 11.9. The molecule has 7 heteroatoms. The van der Waals surface area contributed by atoms with Crippen LogP contribution in [0.15, 0.2) is 27.8 Å². The zero-order chi connectivity index (χ0) is 12.6. The molecule has 0 bridgehead atoms. The maximum atomic E-state index is 11.9. The molecule has 2 rings (SSSR count). The number of benzene rings is 1. The molecule has 0 fully saturated rings. The minimum Gasteiger partial charge on any atom is -0.478 e. The van der Waals surface area contributed by atoms with Crippen LogP contribution in [0.25, 0.3) is 10.9 Å². The smallest absolute Gasteiger partial charge is 0.335 e. The SMILES string of the molecule is CCn1c(=O)[nH]c2cc(C(=O)O)ccc2c1=O.O. The normalized spacial score (nSPS) is 10.1. The number of aromatic nitrogens is 2. The molecule has 18 heavy (non-hydrogen) atoms. The lowest BCUT2D eigenvalue weighted by Crippen LogP contribution is -2.34. The predicted octanol–water partition coefficient (Wildman–Crippen LogP) is -0.417. The van der Waals surface area contributed by atoms with Crippen molar-refractivity contribution in [2.24, 2.45) is 0 Å². The molecule has 2 aromatic rings. The first-order chi connectivity index (χ1) is 8.04. The Balaban J connectivity index is 0.00000162. The standard InChI is InChI=1S/C11H10N2O4.H2O/c1-2-13-9(14)7-4-3-6(10(15)16)5-8(7)12-11(13)17;/h3-5H,2H2,1H3,(H,12,17)(H,15,16);1H2. The Morgan fingerprint density at radius 2 is 2.06 bits per heavy atom. The van der Waals surface area contributed by atoms with E-state index in [0.717, 1.165) is 4.57 Å². The first kappa shape index (κ1) is 13.7. The lowest BCUT2D eigenvalue weighted by atomic mass is 10.1. The van der Waals surface area contributed by atoms with Gasteiger partial charge >= 0.3 is 11.7 Å². The second-order valence-corrected chi connectivity index (χ2v) is 3.55. The number of hydrogen-bond acceptors (Lipinski definition) is 3. The number of H-pyrrole nitrogens is 1. The van der Waals surface area contributed by atoms with Gasteiger partial charge < -0.3 is 15.6 Å². The van der Waals surface area contributed by atoms with Gasteiger partial charge in [-0.05, 0) is 25.1 Å². The van der Waals surface area contributed by atoms with Crippen LogP contribution in [0, 0.1) is 0 Å². The third kappa shape index (κ3) is 2.03. The molecule has 7 nitrogen and oxygen atoms in total. The Labute approximate surface area is 101 Å². The molecule has 0 radical (unpaired) electrons. The van der Waals surface area contributed by atoms with E-state index in [0.29, 0.717) is 5.39 Å². The molecule has 0 saturated carbocycles. The molecular weight excluding hydrogens is 240 g/mol. The van der Waals surface area contributed by atoms with Crippen molar-refractivity contribution < 1.29 is 15.4 Å². The van der Waals surface area contributed by atoms with Crippen LogP contribution in [0.2, 0.25) is 0 Å². The number of carbonyl (C=O) groups is 1. The van der Waals surface area contributed by atoms with Crippen LogP contribution >= 0.6 is 0 Å². The zero-order valence-corrected chi connectivity index (χ0v) is 9.56. The number of hydrogen-bond donors (Lipinski definition) is 2. The summed E-state index contributed by atoms with van der Waals surface area (Å²) < 4.78 is 1.06. The summed E-state index contributed by atoms with van der Waals surface area (Å²) in [4.78, 5) is 36.6. The number of aromatic carboxylic acids is 1. The Bertz CT molecular complexity index is 713. The van der Waals surface area contributed by atoms with E-state index in [1.807, 2.05) is 0 Å². The number of rotatable bonds is 2. The van der Waals surface area contributed by atoms with Crippen molar-refractivity contribution in [3.05, 3.63) is 44.6 Å². The molecule has 1 heterocycles. The number of aromatic amines is 1. The second-order valence-electron chi connectivity index (χ2n) is 3.55. The number of nitrogens with one attached hydrogen (secondary N) is 1. The van der Waals surface area contributed by atoms with Crippen LogP contribution in [-0.4, -0.2) is 26.1 Å². The molecule has 0 aliphatic carbocycles. The minimum atomic E-state index is -1.10. The first-order valence-electron chi connectivity index (χ1n) is 5.04. The summed E-state index contributed by atoms with van der Waals surface area (Å²) in [7, 11) is 0. The van der Waals surface area contributed by atoms with Gasteiger partial charge in [-0.3, -0.25) is 9.36 Å². The molecule has 0 aliphatic rings.